The summed E-state index contributed by atoms with van der Waals surface area (Å²) in [6.45, 7) is 5.27. The van der Waals surface area contributed by atoms with Gasteiger partial charge in [0.2, 0.25) is 5.75 Å². The highest BCUT2D eigenvalue weighted by Gasteiger charge is 2.28. The third-order valence-electron chi connectivity index (χ3n) is 3.92. The van der Waals surface area contributed by atoms with Crippen molar-refractivity contribution >= 4 is 11.6 Å². The van der Waals surface area contributed by atoms with Crippen LogP contribution in [-0.2, 0) is 0 Å². The van der Waals surface area contributed by atoms with E-state index in [0.717, 1.165) is 12.8 Å². The van der Waals surface area contributed by atoms with Gasteiger partial charge in [0.05, 0.1) is 17.6 Å². The Labute approximate surface area is 123 Å². The number of hydrogen-bond donors (Lipinski definition) is 0. The number of likely N-dealkylation sites (tertiary alicyclic amines) is 1. The van der Waals surface area contributed by atoms with E-state index < -0.39 is 4.92 Å². The molecule has 1 saturated heterocycles. The lowest BCUT2D eigenvalue weighted by Crippen LogP contribution is -2.38. The molecule has 1 heterocycles. The molecule has 0 atom stereocenters. The minimum absolute atomic E-state index is 0.0502. The predicted octanol–water partition coefficient (Wildman–Crippen LogP) is 2.78. The van der Waals surface area contributed by atoms with Crippen LogP contribution in [0.1, 0.15) is 35.7 Å². The van der Waals surface area contributed by atoms with Crippen molar-refractivity contribution in [3.63, 3.8) is 0 Å². The Morgan fingerprint density at radius 1 is 1.38 bits per heavy atom. The summed E-state index contributed by atoms with van der Waals surface area (Å²) >= 11 is 0. The number of aryl methyl sites for hydroxylation is 1. The van der Waals surface area contributed by atoms with Crippen LogP contribution in [0.5, 0.6) is 5.75 Å². The first-order valence-electron chi connectivity index (χ1n) is 7.06. The molecule has 6 heteroatoms. The van der Waals surface area contributed by atoms with Crippen LogP contribution in [0.4, 0.5) is 5.69 Å². The maximum Gasteiger partial charge on any atom is 0.312 e. The predicted molar refractivity (Wildman–Crippen MR) is 78.7 cm³/mol. The topological polar surface area (TPSA) is 72.7 Å². The molecule has 0 aromatic heterocycles. The van der Waals surface area contributed by atoms with Gasteiger partial charge in [0.1, 0.15) is 0 Å². The molecule has 1 aliphatic heterocycles. The number of benzene rings is 1. The Morgan fingerprint density at radius 3 is 2.52 bits per heavy atom. The van der Waals surface area contributed by atoms with Crippen molar-refractivity contribution in [2.75, 3.05) is 20.2 Å². The normalized spacial score (nSPS) is 15.9. The summed E-state index contributed by atoms with van der Waals surface area (Å²) in [6.07, 6.45) is 1.92. The van der Waals surface area contributed by atoms with Crippen LogP contribution in [0, 0.1) is 23.0 Å². The molecule has 114 valence electrons. The molecule has 0 unspecified atom stereocenters. The van der Waals surface area contributed by atoms with Crippen molar-refractivity contribution in [3.05, 3.63) is 33.4 Å². The summed E-state index contributed by atoms with van der Waals surface area (Å²) in [6, 6.07) is 3.08. The number of hydrogen-bond acceptors (Lipinski definition) is 4. The third-order valence-corrected chi connectivity index (χ3v) is 3.92. The average molecular weight is 292 g/mol. The molecule has 6 nitrogen and oxygen atoms in total. The van der Waals surface area contributed by atoms with Gasteiger partial charge < -0.3 is 9.64 Å². The fourth-order valence-electron chi connectivity index (χ4n) is 2.65. The largest absolute Gasteiger partial charge is 0.490 e. The number of carbonyl (C=O) groups excluding carboxylic acids is 1. The number of ether oxygens (including phenoxy) is 1. The number of piperidine rings is 1. The number of rotatable bonds is 3. The number of carbonyl (C=O) groups is 1. The molecule has 0 spiro atoms. The maximum absolute atomic E-state index is 12.6. The van der Waals surface area contributed by atoms with Crippen LogP contribution in [0.25, 0.3) is 0 Å². The number of methoxy groups -OCH3 is 1. The van der Waals surface area contributed by atoms with Gasteiger partial charge >= 0.3 is 5.69 Å². The van der Waals surface area contributed by atoms with Crippen molar-refractivity contribution in [1.29, 1.82) is 0 Å². The summed E-state index contributed by atoms with van der Waals surface area (Å²) < 4.78 is 5.14. The second-order valence-corrected chi connectivity index (χ2v) is 5.60. The molecule has 1 aromatic rings. The van der Waals surface area contributed by atoms with Crippen LogP contribution in [0.3, 0.4) is 0 Å². The van der Waals surface area contributed by atoms with Crippen LogP contribution in [0.2, 0.25) is 0 Å². The second-order valence-electron chi connectivity index (χ2n) is 5.60. The monoisotopic (exact) mass is 292 g/mol. The molecule has 0 aliphatic carbocycles. The van der Waals surface area contributed by atoms with E-state index in [9.17, 15) is 14.9 Å². The van der Waals surface area contributed by atoms with Crippen LogP contribution in [-0.4, -0.2) is 35.9 Å². The van der Waals surface area contributed by atoms with E-state index in [1.807, 2.05) is 0 Å². The first-order valence-corrected chi connectivity index (χ1v) is 7.06. The number of nitro groups is 1. The lowest BCUT2D eigenvalue weighted by molar-refractivity contribution is -0.385. The maximum atomic E-state index is 12.6. The van der Waals surface area contributed by atoms with Gasteiger partial charge in [-0.2, -0.15) is 0 Å². The van der Waals surface area contributed by atoms with Crippen LogP contribution in [0.15, 0.2) is 12.1 Å². The quantitative estimate of drug-likeness (QED) is 0.634. The Kier molecular flexibility index (Phi) is 4.45. The molecule has 0 N–H and O–H groups in total. The minimum atomic E-state index is -0.513. The van der Waals surface area contributed by atoms with Gasteiger partial charge in [0.15, 0.2) is 0 Å². The molecule has 0 bridgehead atoms. The van der Waals surface area contributed by atoms with E-state index in [2.05, 4.69) is 6.92 Å². The summed E-state index contributed by atoms with van der Waals surface area (Å²) in [5.41, 5.74) is 0.793. The highest BCUT2D eigenvalue weighted by molar-refractivity contribution is 5.98. The highest BCUT2D eigenvalue weighted by atomic mass is 16.6. The minimum Gasteiger partial charge on any atom is -0.490 e. The summed E-state index contributed by atoms with van der Waals surface area (Å²) in [7, 11) is 1.35. The van der Waals surface area contributed by atoms with Crippen molar-refractivity contribution in [2.24, 2.45) is 5.92 Å². The molecule has 1 fully saturated rings. The van der Waals surface area contributed by atoms with Crippen LogP contribution < -0.4 is 4.74 Å². The molecule has 2 rings (SSSR count). The summed E-state index contributed by atoms with van der Waals surface area (Å²) in [5.74, 6) is 0.475. The molecular weight excluding hydrogens is 272 g/mol. The Morgan fingerprint density at radius 2 is 2.00 bits per heavy atom. The first-order chi connectivity index (χ1) is 9.93. The molecule has 1 aliphatic rings. The Bertz CT molecular complexity index is 563. The molecule has 1 amide bonds. The zero-order valence-corrected chi connectivity index (χ0v) is 12.6. The highest BCUT2D eigenvalue weighted by Crippen LogP contribution is 2.33. The lowest BCUT2D eigenvalue weighted by Gasteiger charge is -2.30. The number of nitro benzene ring substituents is 1. The van der Waals surface area contributed by atoms with Gasteiger partial charge in [-0.1, -0.05) is 6.92 Å². The van der Waals surface area contributed by atoms with Gasteiger partial charge in [-0.3, -0.25) is 14.9 Å². The van der Waals surface area contributed by atoms with Gasteiger partial charge in [-0.05, 0) is 37.3 Å². The van der Waals surface area contributed by atoms with E-state index in [4.69, 9.17) is 4.74 Å². The lowest BCUT2D eigenvalue weighted by atomic mass is 9.98. The Hall–Kier alpha value is -2.11. The molecular formula is C15H20N2O4. The molecule has 1 aromatic carbocycles. The van der Waals surface area contributed by atoms with Gasteiger partial charge in [0.25, 0.3) is 5.91 Å². The van der Waals surface area contributed by atoms with Crippen LogP contribution >= 0.6 is 0 Å². The molecule has 0 radical (unpaired) electrons. The SMILES string of the molecule is COc1c(C(=O)N2CCC(C)CC2)cc(C)cc1[N+](=O)[O-]. The Balaban J connectivity index is 2.38. The van der Waals surface area contributed by atoms with E-state index in [0.29, 0.717) is 24.6 Å². The summed E-state index contributed by atoms with van der Waals surface area (Å²) in [4.78, 5) is 25.0. The van der Waals surface area contributed by atoms with E-state index in [1.165, 1.54) is 13.2 Å². The van der Waals surface area contributed by atoms with Crippen molar-refractivity contribution in [1.82, 2.24) is 4.90 Å². The second kappa shape index (κ2) is 6.11. The fourth-order valence-corrected chi connectivity index (χ4v) is 2.65. The van der Waals surface area contributed by atoms with E-state index in [1.54, 1.807) is 17.9 Å². The third kappa shape index (κ3) is 3.15. The number of amides is 1. The zero-order valence-electron chi connectivity index (χ0n) is 12.6. The average Bonchev–Trinajstić information content (AvgIpc) is 2.46. The van der Waals surface area contributed by atoms with Gasteiger partial charge in [0, 0.05) is 19.2 Å². The molecule has 21 heavy (non-hydrogen) atoms. The summed E-state index contributed by atoms with van der Waals surface area (Å²) in [5, 5.41) is 11.1. The van der Waals surface area contributed by atoms with Crippen molar-refractivity contribution < 1.29 is 14.5 Å². The fraction of sp³-hybridized carbons (Fsp3) is 0.533. The molecule has 0 saturated carbocycles. The first kappa shape index (κ1) is 15.3. The zero-order chi connectivity index (χ0) is 15.6. The van der Waals surface area contributed by atoms with Crippen molar-refractivity contribution in [3.8, 4) is 5.75 Å². The van der Waals surface area contributed by atoms with E-state index in [-0.39, 0.29) is 22.9 Å². The van der Waals surface area contributed by atoms with Gasteiger partial charge in [-0.25, -0.2) is 0 Å². The number of nitrogens with zero attached hydrogens (tertiary/aromatic N) is 2. The van der Waals surface area contributed by atoms with E-state index >= 15 is 0 Å². The standard InChI is InChI=1S/C15H20N2O4/c1-10-4-6-16(7-5-10)15(18)12-8-11(2)9-13(17(19)20)14(12)21-3/h8-10H,4-7H2,1-3H3. The smallest absolute Gasteiger partial charge is 0.312 e. The van der Waals surface area contributed by atoms with Crippen molar-refractivity contribution in [2.45, 2.75) is 26.7 Å². The van der Waals surface area contributed by atoms with Gasteiger partial charge in [-0.15, -0.1) is 0 Å².